The number of carbonyl (C=O) groups is 1. The zero-order chi connectivity index (χ0) is 14.6. The molecule has 108 valence electrons. The number of hydrogen-bond donors (Lipinski definition) is 0. The van der Waals surface area contributed by atoms with Crippen molar-refractivity contribution in [3.8, 4) is 0 Å². The lowest BCUT2D eigenvalue weighted by molar-refractivity contribution is 0.0159. The van der Waals surface area contributed by atoms with E-state index in [9.17, 15) is 4.79 Å². The SMILES string of the molecule is CC1(C)CCN1C(=O)c1cc(C2CC2)nc2ccccc12. The van der Waals surface area contributed by atoms with Gasteiger partial charge in [0.05, 0.1) is 11.1 Å². The standard InChI is InChI=1S/C18H20N2O/c1-18(2)9-10-20(18)17(21)14-11-16(12-7-8-12)19-15-6-4-3-5-13(14)15/h3-6,11-12H,7-10H2,1-2H3. The molecule has 1 amide bonds. The number of likely N-dealkylation sites (tertiary alicyclic amines) is 1. The van der Waals surface area contributed by atoms with Crippen LogP contribution in [0.25, 0.3) is 10.9 Å². The molecule has 0 unspecified atom stereocenters. The molecule has 1 aromatic carbocycles. The first kappa shape index (κ1) is 12.8. The van der Waals surface area contributed by atoms with Crippen molar-refractivity contribution in [2.45, 2.75) is 44.6 Å². The van der Waals surface area contributed by atoms with E-state index in [1.807, 2.05) is 35.2 Å². The Bertz CT molecular complexity index is 731. The zero-order valence-corrected chi connectivity index (χ0v) is 12.6. The third-order valence-electron chi connectivity index (χ3n) is 4.89. The lowest BCUT2D eigenvalue weighted by Crippen LogP contribution is -2.58. The smallest absolute Gasteiger partial charge is 0.255 e. The Balaban J connectivity index is 1.84. The van der Waals surface area contributed by atoms with Crippen molar-refractivity contribution in [1.29, 1.82) is 0 Å². The first-order chi connectivity index (χ1) is 10.1. The van der Waals surface area contributed by atoms with Crippen molar-refractivity contribution in [2.24, 2.45) is 0 Å². The monoisotopic (exact) mass is 280 g/mol. The molecule has 3 heteroatoms. The number of rotatable bonds is 2. The van der Waals surface area contributed by atoms with E-state index in [1.165, 1.54) is 12.8 Å². The first-order valence-electron chi connectivity index (χ1n) is 7.78. The van der Waals surface area contributed by atoms with Crippen molar-refractivity contribution in [3.63, 3.8) is 0 Å². The van der Waals surface area contributed by atoms with Crippen LogP contribution in [-0.4, -0.2) is 27.9 Å². The summed E-state index contributed by atoms with van der Waals surface area (Å²) in [6.45, 7) is 5.14. The molecule has 1 aliphatic carbocycles. The minimum Gasteiger partial charge on any atom is -0.333 e. The van der Waals surface area contributed by atoms with Gasteiger partial charge in [0.15, 0.2) is 0 Å². The van der Waals surface area contributed by atoms with Crippen molar-refractivity contribution in [1.82, 2.24) is 9.88 Å². The normalized spacial score (nSPS) is 20.4. The van der Waals surface area contributed by atoms with Gasteiger partial charge in [-0.2, -0.15) is 0 Å². The summed E-state index contributed by atoms with van der Waals surface area (Å²) >= 11 is 0. The molecule has 3 nitrogen and oxygen atoms in total. The minimum atomic E-state index is -0.0127. The second kappa shape index (κ2) is 4.30. The lowest BCUT2D eigenvalue weighted by Gasteiger charge is -2.48. The van der Waals surface area contributed by atoms with Crippen LogP contribution in [0.2, 0.25) is 0 Å². The molecule has 1 saturated heterocycles. The summed E-state index contributed by atoms with van der Waals surface area (Å²) in [5.74, 6) is 0.720. The maximum atomic E-state index is 12.9. The Morgan fingerprint density at radius 2 is 2.05 bits per heavy atom. The fourth-order valence-corrected chi connectivity index (χ4v) is 3.15. The number of nitrogens with zero attached hydrogens (tertiary/aromatic N) is 2. The molecule has 2 aliphatic rings. The maximum Gasteiger partial charge on any atom is 0.255 e. The summed E-state index contributed by atoms with van der Waals surface area (Å²) in [4.78, 5) is 19.7. The van der Waals surface area contributed by atoms with Gasteiger partial charge in [-0.1, -0.05) is 18.2 Å². The van der Waals surface area contributed by atoms with Crippen LogP contribution in [0, 0.1) is 0 Å². The second-order valence-electron chi connectivity index (χ2n) is 6.91. The zero-order valence-electron chi connectivity index (χ0n) is 12.6. The fourth-order valence-electron chi connectivity index (χ4n) is 3.15. The van der Waals surface area contributed by atoms with Crippen LogP contribution in [-0.2, 0) is 0 Å². The van der Waals surface area contributed by atoms with E-state index in [4.69, 9.17) is 4.98 Å². The summed E-state index contributed by atoms with van der Waals surface area (Å²) in [7, 11) is 0. The Labute approximate surface area is 125 Å². The van der Waals surface area contributed by atoms with Gasteiger partial charge in [-0.3, -0.25) is 9.78 Å². The Morgan fingerprint density at radius 1 is 1.29 bits per heavy atom. The minimum absolute atomic E-state index is 0.0127. The van der Waals surface area contributed by atoms with Gasteiger partial charge in [0.25, 0.3) is 5.91 Å². The number of amides is 1. The third-order valence-corrected chi connectivity index (χ3v) is 4.89. The summed E-state index contributed by atoms with van der Waals surface area (Å²) in [5, 5.41) is 0.981. The van der Waals surface area contributed by atoms with E-state index in [2.05, 4.69) is 13.8 Å². The molecule has 4 rings (SSSR count). The van der Waals surface area contributed by atoms with Crippen molar-refractivity contribution >= 4 is 16.8 Å². The predicted octanol–water partition coefficient (Wildman–Crippen LogP) is 3.74. The van der Waals surface area contributed by atoms with Gasteiger partial charge in [0.2, 0.25) is 0 Å². The topological polar surface area (TPSA) is 33.2 Å². The summed E-state index contributed by atoms with van der Waals surface area (Å²) in [6, 6.07) is 10.0. The molecule has 2 aromatic rings. The molecule has 1 saturated carbocycles. The highest BCUT2D eigenvalue weighted by atomic mass is 16.2. The quantitative estimate of drug-likeness (QED) is 0.839. The predicted molar refractivity (Wildman–Crippen MR) is 83.5 cm³/mol. The molecule has 21 heavy (non-hydrogen) atoms. The van der Waals surface area contributed by atoms with Crippen molar-refractivity contribution in [2.75, 3.05) is 6.54 Å². The van der Waals surface area contributed by atoms with E-state index in [0.717, 1.165) is 35.1 Å². The molecule has 0 N–H and O–H groups in total. The molecule has 0 spiro atoms. The van der Waals surface area contributed by atoms with E-state index in [1.54, 1.807) is 0 Å². The van der Waals surface area contributed by atoms with E-state index in [-0.39, 0.29) is 11.4 Å². The number of benzene rings is 1. The van der Waals surface area contributed by atoms with Gasteiger partial charge < -0.3 is 4.90 Å². The van der Waals surface area contributed by atoms with E-state index in [0.29, 0.717) is 5.92 Å². The molecular weight excluding hydrogens is 260 g/mol. The Morgan fingerprint density at radius 3 is 2.67 bits per heavy atom. The first-order valence-corrected chi connectivity index (χ1v) is 7.78. The van der Waals surface area contributed by atoms with Gasteiger partial charge in [-0.05, 0) is 45.2 Å². The maximum absolute atomic E-state index is 12.9. The van der Waals surface area contributed by atoms with Crippen LogP contribution in [0.4, 0.5) is 0 Å². The molecule has 1 aromatic heterocycles. The number of carbonyl (C=O) groups excluding carboxylic acids is 1. The van der Waals surface area contributed by atoms with Crippen LogP contribution >= 0.6 is 0 Å². The highest BCUT2D eigenvalue weighted by Gasteiger charge is 2.40. The highest BCUT2D eigenvalue weighted by Crippen LogP contribution is 2.41. The van der Waals surface area contributed by atoms with Gasteiger partial charge in [-0.25, -0.2) is 0 Å². The average Bonchev–Trinajstić information content (AvgIpc) is 3.29. The lowest BCUT2D eigenvalue weighted by atomic mass is 9.87. The summed E-state index contributed by atoms with van der Waals surface area (Å²) < 4.78 is 0. The molecule has 0 radical (unpaired) electrons. The van der Waals surface area contributed by atoms with E-state index >= 15 is 0 Å². The van der Waals surface area contributed by atoms with Crippen LogP contribution in [0.5, 0.6) is 0 Å². The van der Waals surface area contributed by atoms with Crippen LogP contribution in [0.3, 0.4) is 0 Å². The number of aromatic nitrogens is 1. The molecule has 2 heterocycles. The van der Waals surface area contributed by atoms with Crippen molar-refractivity contribution < 1.29 is 4.79 Å². The average molecular weight is 280 g/mol. The summed E-state index contributed by atoms with van der Waals surface area (Å²) in [6.07, 6.45) is 3.49. The third kappa shape index (κ3) is 2.03. The number of pyridine rings is 1. The Hall–Kier alpha value is -1.90. The van der Waals surface area contributed by atoms with Crippen molar-refractivity contribution in [3.05, 3.63) is 41.6 Å². The van der Waals surface area contributed by atoms with Crippen LogP contribution in [0.15, 0.2) is 30.3 Å². The second-order valence-corrected chi connectivity index (χ2v) is 6.91. The Kier molecular flexibility index (Phi) is 2.62. The number of fused-ring (bicyclic) bond motifs is 1. The number of hydrogen-bond acceptors (Lipinski definition) is 2. The van der Waals surface area contributed by atoms with Crippen LogP contribution in [0.1, 0.15) is 55.1 Å². The van der Waals surface area contributed by atoms with E-state index < -0.39 is 0 Å². The van der Waals surface area contributed by atoms with Gasteiger partial charge in [0.1, 0.15) is 0 Å². The number of para-hydroxylation sites is 1. The molecular formula is C18H20N2O. The molecule has 0 bridgehead atoms. The molecule has 0 atom stereocenters. The van der Waals surface area contributed by atoms with Gasteiger partial charge in [-0.15, -0.1) is 0 Å². The fraction of sp³-hybridized carbons (Fsp3) is 0.444. The largest absolute Gasteiger partial charge is 0.333 e. The summed E-state index contributed by atoms with van der Waals surface area (Å²) in [5.41, 5.74) is 2.86. The van der Waals surface area contributed by atoms with Gasteiger partial charge >= 0.3 is 0 Å². The van der Waals surface area contributed by atoms with Gasteiger partial charge in [0, 0.05) is 29.1 Å². The highest BCUT2D eigenvalue weighted by molar-refractivity contribution is 6.06. The molecule has 1 aliphatic heterocycles. The molecule has 2 fully saturated rings. The van der Waals surface area contributed by atoms with Crippen LogP contribution < -0.4 is 0 Å².